The number of amides is 1. The molecule has 0 heterocycles. The molecule has 0 aliphatic carbocycles. The fourth-order valence-corrected chi connectivity index (χ4v) is 1.31. The minimum atomic E-state index is -0.516. The molecular weight excluding hydrogens is 246 g/mol. The van der Waals surface area contributed by atoms with Gasteiger partial charge >= 0.3 is 12.1 Å². The molecule has 0 radical (unpaired) electrons. The Labute approximate surface area is 115 Å². The van der Waals surface area contributed by atoms with Crippen molar-refractivity contribution in [1.29, 1.82) is 0 Å². The molecule has 0 aromatic heterocycles. The molecule has 0 aromatic carbocycles. The van der Waals surface area contributed by atoms with Crippen LogP contribution in [0.25, 0.3) is 0 Å². The van der Waals surface area contributed by atoms with Crippen molar-refractivity contribution in [2.24, 2.45) is 0 Å². The second kappa shape index (κ2) is 7.81. The molecule has 0 spiro atoms. The lowest BCUT2D eigenvalue weighted by Crippen LogP contribution is -2.37. The van der Waals surface area contributed by atoms with Gasteiger partial charge in [0.25, 0.3) is 0 Å². The van der Waals surface area contributed by atoms with Crippen LogP contribution >= 0.6 is 0 Å². The first-order valence-electron chi connectivity index (χ1n) is 6.50. The van der Waals surface area contributed by atoms with Crippen molar-refractivity contribution in [3.63, 3.8) is 0 Å². The number of alkyl carbamates (subject to hydrolysis) is 1. The van der Waals surface area contributed by atoms with Gasteiger partial charge in [0, 0.05) is 11.6 Å². The molecule has 0 saturated heterocycles. The number of carbonyl (C=O) groups excluding carboxylic acids is 2. The first-order valence-corrected chi connectivity index (χ1v) is 6.50. The van der Waals surface area contributed by atoms with Crippen LogP contribution in [0.2, 0.25) is 0 Å². The fraction of sp³-hybridized carbons (Fsp3) is 0.714. The predicted octanol–water partition coefficient (Wildman–Crippen LogP) is 2.80. The highest BCUT2D eigenvalue weighted by atomic mass is 16.6. The quantitative estimate of drug-likeness (QED) is 0.596. The molecule has 110 valence electrons. The minimum Gasteiger partial charge on any atom is -0.463 e. The van der Waals surface area contributed by atoms with E-state index in [1.54, 1.807) is 27.7 Å². The normalized spacial score (nSPS) is 12.5. The minimum absolute atomic E-state index is 0.0963. The van der Waals surface area contributed by atoms with Gasteiger partial charge in [-0.3, -0.25) is 0 Å². The molecule has 5 nitrogen and oxygen atoms in total. The Morgan fingerprint density at radius 2 is 1.89 bits per heavy atom. The fourth-order valence-electron chi connectivity index (χ4n) is 1.31. The maximum Gasteiger partial charge on any atom is 0.407 e. The monoisotopic (exact) mass is 271 g/mol. The van der Waals surface area contributed by atoms with Crippen LogP contribution in [0.15, 0.2) is 12.2 Å². The smallest absolute Gasteiger partial charge is 0.407 e. The Morgan fingerprint density at radius 3 is 2.37 bits per heavy atom. The Hall–Kier alpha value is -1.52. The molecule has 0 rings (SSSR count). The molecule has 0 bridgehead atoms. The SMILES string of the molecule is C=C(CC[C@H](C)NC(=O)OC(C)(C)C)C(=O)OCC. The van der Waals surface area contributed by atoms with Crippen LogP contribution in [-0.2, 0) is 14.3 Å². The third-order valence-electron chi connectivity index (χ3n) is 2.21. The van der Waals surface area contributed by atoms with Gasteiger partial charge in [0.15, 0.2) is 0 Å². The number of nitrogens with one attached hydrogen (secondary N) is 1. The highest BCUT2D eigenvalue weighted by Gasteiger charge is 2.18. The molecule has 1 atom stereocenters. The highest BCUT2D eigenvalue weighted by molar-refractivity contribution is 5.87. The second-order valence-electron chi connectivity index (χ2n) is 5.41. The molecule has 0 fully saturated rings. The maximum atomic E-state index is 11.5. The van der Waals surface area contributed by atoms with Gasteiger partial charge in [0.1, 0.15) is 5.60 Å². The molecule has 0 aliphatic rings. The lowest BCUT2D eigenvalue weighted by Gasteiger charge is -2.22. The number of carbonyl (C=O) groups is 2. The van der Waals surface area contributed by atoms with Gasteiger partial charge in [-0.15, -0.1) is 0 Å². The largest absolute Gasteiger partial charge is 0.463 e. The zero-order valence-corrected chi connectivity index (χ0v) is 12.5. The van der Waals surface area contributed by atoms with E-state index in [1.807, 2.05) is 6.92 Å². The average molecular weight is 271 g/mol. The number of ether oxygens (including phenoxy) is 2. The summed E-state index contributed by atoms with van der Waals surface area (Å²) in [5.74, 6) is -0.382. The molecule has 0 unspecified atom stereocenters. The van der Waals surface area contributed by atoms with Crippen LogP contribution in [-0.4, -0.2) is 30.3 Å². The number of hydrogen-bond donors (Lipinski definition) is 1. The van der Waals surface area contributed by atoms with E-state index in [4.69, 9.17) is 9.47 Å². The predicted molar refractivity (Wildman–Crippen MR) is 73.8 cm³/mol. The summed E-state index contributed by atoms with van der Waals surface area (Å²) >= 11 is 0. The van der Waals surface area contributed by atoms with Crippen molar-refractivity contribution in [3.05, 3.63) is 12.2 Å². The van der Waals surface area contributed by atoms with Crippen molar-refractivity contribution in [2.75, 3.05) is 6.61 Å². The van der Waals surface area contributed by atoms with Crippen molar-refractivity contribution in [3.8, 4) is 0 Å². The summed E-state index contributed by atoms with van der Waals surface area (Å²) in [5, 5.41) is 2.71. The van der Waals surface area contributed by atoms with Gasteiger partial charge in [-0.05, 0) is 47.5 Å². The first kappa shape index (κ1) is 17.5. The van der Waals surface area contributed by atoms with Crippen molar-refractivity contribution < 1.29 is 19.1 Å². The van der Waals surface area contributed by atoms with Gasteiger partial charge in [-0.25, -0.2) is 9.59 Å². The van der Waals surface area contributed by atoms with Crippen molar-refractivity contribution >= 4 is 12.1 Å². The van der Waals surface area contributed by atoms with Crippen molar-refractivity contribution in [2.45, 2.75) is 59.1 Å². The van der Waals surface area contributed by atoms with Gasteiger partial charge in [-0.1, -0.05) is 6.58 Å². The lowest BCUT2D eigenvalue weighted by molar-refractivity contribution is -0.138. The third-order valence-corrected chi connectivity index (χ3v) is 2.21. The molecule has 0 saturated carbocycles. The van der Waals surface area contributed by atoms with E-state index in [9.17, 15) is 9.59 Å². The van der Waals surface area contributed by atoms with Crippen LogP contribution < -0.4 is 5.32 Å². The van der Waals surface area contributed by atoms with Gasteiger partial charge < -0.3 is 14.8 Å². The molecule has 0 aromatic rings. The summed E-state index contributed by atoms with van der Waals surface area (Å²) in [6, 6.07) is -0.0963. The third kappa shape index (κ3) is 9.11. The molecule has 19 heavy (non-hydrogen) atoms. The molecule has 1 amide bonds. The summed E-state index contributed by atoms with van der Waals surface area (Å²) < 4.78 is 9.97. The van der Waals surface area contributed by atoms with E-state index in [0.717, 1.165) is 0 Å². The second-order valence-corrected chi connectivity index (χ2v) is 5.41. The summed E-state index contributed by atoms with van der Waals surface area (Å²) in [6.07, 6.45) is 0.633. The highest BCUT2D eigenvalue weighted by Crippen LogP contribution is 2.10. The van der Waals surface area contributed by atoms with Gasteiger partial charge in [-0.2, -0.15) is 0 Å². The molecule has 5 heteroatoms. The van der Waals surface area contributed by atoms with Gasteiger partial charge in [0.05, 0.1) is 6.61 Å². The number of hydrogen-bond acceptors (Lipinski definition) is 4. The van der Waals surface area contributed by atoms with Gasteiger partial charge in [0.2, 0.25) is 0 Å². The van der Waals surface area contributed by atoms with Crippen LogP contribution in [0.3, 0.4) is 0 Å². The maximum absolute atomic E-state index is 11.5. The van der Waals surface area contributed by atoms with E-state index in [1.165, 1.54) is 0 Å². The Kier molecular flexibility index (Phi) is 7.19. The van der Waals surface area contributed by atoms with E-state index in [0.29, 0.717) is 25.0 Å². The topological polar surface area (TPSA) is 64.6 Å². The van der Waals surface area contributed by atoms with E-state index in [-0.39, 0.29) is 12.0 Å². The Bertz CT molecular complexity index is 331. The summed E-state index contributed by atoms with van der Waals surface area (Å²) in [5.41, 5.74) is -0.0992. The molecule has 1 N–H and O–H groups in total. The zero-order valence-electron chi connectivity index (χ0n) is 12.5. The van der Waals surface area contributed by atoms with Crippen LogP contribution in [0.5, 0.6) is 0 Å². The summed E-state index contributed by atoms with van der Waals surface area (Å²) in [4.78, 5) is 22.8. The van der Waals surface area contributed by atoms with Crippen molar-refractivity contribution in [1.82, 2.24) is 5.32 Å². The van der Waals surface area contributed by atoms with Crippen LogP contribution in [0.4, 0.5) is 4.79 Å². The van der Waals surface area contributed by atoms with E-state index in [2.05, 4.69) is 11.9 Å². The first-order chi connectivity index (χ1) is 8.65. The number of rotatable bonds is 6. The van der Waals surface area contributed by atoms with E-state index >= 15 is 0 Å². The van der Waals surface area contributed by atoms with Crippen LogP contribution in [0, 0.1) is 0 Å². The average Bonchev–Trinajstić information content (AvgIpc) is 2.23. The Balaban J connectivity index is 3.99. The summed E-state index contributed by atoms with van der Waals surface area (Å²) in [6.45, 7) is 13.0. The molecular formula is C14H25NO4. The number of esters is 1. The summed E-state index contributed by atoms with van der Waals surface area (Å²) in [7, 11) is 0. The van der Waals surface area contributed by atoms with E-state index < -0.39 is 11.7 Å². The standard InChI is InChI=1S/C14H25NO4/c1-7-18-12(16)10(2)8-9-11(3)15-13(17)19-14(4,5)6/h11H,2,7-9H2,1,3-6H3,(H,15,17)/t11-/m0/s1. The van der Waals surface area contributed by atoms with Crippen LogP contribution in [0.1, 0.15) is 47.5 Å². The zero-order chi connectivity index (χ0) is 15.1. The molecule has 0 aliphatic heterocycles. The Morgan fingerprint density at radius 1 is 1.32 bits per heavy atom. The lowest BCUT2D eigenvalue weighted by atomic mass is 10.1.